The monoisotopic (exact) mass is 326 g/mol. The molecule has 2 rings (SSSR count). The molecule has 0 saturated carbocycles. The Balaban J connectivity index is 2.01. The topological polar surface area (TPSA) is 104 Å². The number of aromatic carboxylic acids is 1. The molecule has 8 heteroatoms. The quantitative estimate of drug-likeness (QED) is 0.840. The molecule has 22 heavy (non-hydrogen) atoms. The SMILES string of the molecule is CS(=O)(=O)N1CCC(NC(=O)c2ccccc2C(=O)O)CC1. The van der Waals surface area contributed by atoms with Crippen molar-refractivity contribution in [2.45, 2.75) is 18.9 Å². The van der Waals surface area contributed by atoms with Crippen molar-refractivity contribution >= 4 is 21.9 Å². The summed E-state index contributed by atoms with van der Waals surface area (Å²) in [6.07, 6.45) is 2.18. The Morgan fingerprint density at radius 1 is 1.18 bits per heavy atom. The van der Waals surface area contributed by atoms with Gasteiger partial charge in [0.15, 0.2) is 0 Å². The molecule has 120 valence electrons. The lowest BCUT2D eigenvalue weighted by Crippen LogP contribution is -2.46. The van der Waals surface area contributed by atoms with Gasteiger partial charge in [-0.1, -0.05) is 12.1 Å². The number of nitrogens with zero attached hydrogens (tertiary/aromatic N) is 1. The number of amides is 1. The molecule has 1 saturated heterocycles. The highest BCUT2D eigenvalue weighted by Gasteiger charge is 2.26. The molecule has 1 heterocycles. The third-order valence-electron chi connectivity index (χ3n) is 3.66. The molecule has 0 bridgehead atoms. The highest BCUT2D eigenvalue weighted by atomic mass is 32.2. The molecule has 1 aliphatic rings. The van der Waals surface area contributed by atoms with E-state index in [1.165, 1.54) is 16.4 Å². The minimum atomic E-state index is -3.20. The van der Waals surface area contributed by atoms with Crippen molar-refractivity contribution in [3.05, 3.63) is 35.4 Å². The lowest BCUT2D eigenvalue weighted by molar-refractivity contribution is 0.0690. The van der Waals surface area contributed by atoms with Gasteiger partial charge in [0, 0.05) is 19.1 Å². The Morgan fingerprint density at radius 2 is 1.73 bits per heavy atom. The van der Waals surface area contributed by atoms with Crippen LogP contribution in [-0.4, -0.2) is 55.1 Å². The molecule has 0 aliphatic carbocycles. The number of hydrogen-bond donors (Lipinski definition) is 2. The van der Waals surface area contributed by atoms with Gasteiger partial charge < -0.3 is 10.4 Å². The lowest BCUT2D eigenvalue weighted by Gasteiger charge is -2.30. The summed E-state index contributed by atoms with van der Waals surface area (Å²) in [6, 6.07) is 5.85. The van der Waals surface area contributed by atoms with Crippen LogP contribution in [0.2, 0.25) is 0 Å². The lowest BCUT2D eigenvalue weighted by atomic mass is 10.0. The zero-order valence-electron chi connectivity index (χ0n) is 12.2. The van der Waals surface area contributed by atoms with Crippen molar-refractivity contribution in [3.8, 4) is 0 Å². The van der Waals surface area contributed by atoms with Gasteiger partial charge in [0.25, 0.3) is 5.91 Å². The van der Waals surface area contributed by atoms with E-state index >= 15 is 0 Å². The molecule has 1 aliphatic heterocycles. The van der Waals surface area contributed by atoms with E-state index in [4.69, 9.17) is 5.11 Å². The number of hydrogen-bond acceptors (Lipinski definition) is 4. The van der Waals surface area contributed by atoms with E-state index in [1.54, 1.807) is 12.1 Å². The minimum Gasteiger partial charge on any atom is -0.478 e. The van der Waals surface area contributed by atoms with Crippen LogP contribution in [-0.2, 0) is 10.0 Å². The third kappa shape index (κ3) is 3.83. The molecule has 2 N–H and O–H groups in total. The Morgan fingerprint density at radius 3 is 2.23 bits per heavy atom. The molecule has 0 aromatic heterocycles. The summed E-state index contributed by atoms with van der Waals surface area (Å²) in [7, 11) is -3.20. The molecular formula is C14H18N2O5S. The number of rotatable bonds is 4. The minimum absolute atomic E-state index is 0.0476. The Labute approximate surface area is 129 Å². The molecule has 0 spiro atoms. The molecule has 1 amide bonds. The first-order valence-electron chi connectivity index (χ1n) is 6.87. The maximum absolute atomic E-state index is 12.2. The van der Waals surface area contributed by atoms with Crippen molar-refractivity contribution in [2.24, 2.45) is 0 Å². The summed E-state index contributed by atoms with van der Waals surface area (Å²) in [5, 5.41) is 11.9. The van der Waals surface area contributed by atoms with Crippen LogP contribution in [0.4, 0.5) is 0 Å². The summed E-state index contributed by atoms with van der Waals surface area (Å²) in [5.74, 6) is -1.60. The van der Waals surface area contributed by atoms with Crippen LogP contribution in [0.3, 0.4) is 0 Å². The van der Waals surface area contributed by atoms with Gasteiger partial charge in [-0.25, -0.2) is 17.5 Å². The Bertz CT molecular complexity index is 678. The second kappa shape index (κ2) is 6.45. The standard InChI is InChI=1S/C14H18N2O5S/c1-22(20,21)16-8-6-10(7-9-16)15-13(17)11-4-2-3-5-12(11)14(18)19/h2-5,10H,6-9H2,1H3,(H,15,17)(H,18,19). The maximum Gasteiger partial charge on any atom is 0.336 e. The molecular weight excluding hydrogens is 308 g/mol. The second-order valence-electron chi connectivity index (χ2n) is 5.26. The molecule has 0 atom stereocenters. The molecule has 0 radical (unpaired) electrons. The number of carbonyl (C=O) groups excluding carboxylic acids is 1. The average molecular weight is 326 g/mol. The molecule has 0 unspecified atom stereocenters. The summed E-state index contributed by atoms with van der Waals surface area (Å²) in [6.45, 7) is 0.703. The van der Waals surface area contributed by atoms with E-state index < -0.39 is 21.9 Å². The predicted molar refractivity (Wildman–Crippen MR) is 80.3 cm³/mol. The fourth-order valence-electron chi connectivity index (χ4n) is 2.46. The van der Waals surface area contributed by atoms with Crippen molar-refractivity contribution in [2.75, 3.05) is 19.3 Å². The molecule has 1 aromatic carbocycles. The number of nitrogens with one attached hydrogen (secondary N) is 1. The van der Waals surface area contributed by atoms with E-state index in [0.717, 1.165) is 6.26 Å². The van der Waals surface area contributed by atoms with Crippen LogP contribution in [0.1, 0.15) is 33.6 Å². The summed E-state index contributed by atoms with van der Waals surface area (Å²) >= 11 is 0. The van der Waals surface area contributed by atoms with Crippen molar-refractivity contribution in [1.82, 2.24) is 9.62 Å². The third-order valence-corrected chi connectivity index (χ3v) is 4.96. The van der Waals surface area contributed by atoms with E-state index in [1.807, 2.05) is 0 Å². The van der Waals surface area contributed by atoms with Crippen LogP contribution in [0.5, 0.6) is 0 Å². The summed E-state index contributed by atoms with van der Waals surface area (Å²) in [5.41, 5.74) is 0.0640. The number of carboxylic acid groups (broad SMARTS) is 1. The van der Waals surface area contributed by atoms with Gasteiger partial charge >= 0.3 is 5.97 Å². The number of carbonyl (C=O) groups is 2. The van der Waals surface area contributed by atoms with E-state index in [2.05, 4.69) is 5.32 Å². The van der Waals surface area contributed by atoms with E-state index in [0.29, 0.717) is 25.9 Å². The molecule has 1 fully saturated rings. The summed E-state index contributed by atoms with van der Waals surface area (Å²) in [4.78, 5) is 23.3. The van der Waals surface area contributed by atoms with E-state index in [-0.39, 0.29) is 17.2 Å². The van der Waals surface area contributed by atoms with Gasteiger partial charge in [-0.3, -0.25) is 4.79 Å². The van der Waals surface area contributed by atoms with Crippen molar-refractivity contribution in [3.63, 3.8) is 0 Å². The van der Waals surface area contributed by atoms with Gasteiger partial charge in [-0.05, 0) is 25.0 Å². The largest absolute Gasteiger partial charge is 0.478 e. The first-order valence-corrected chi connectivity index (χ1v) is 8.72. The van der Waals surface area contributed by atoms with E-state index in [9.17, 15) is 18.0 Å². The smallest absolute Gasteiger partial charge is 0.336 e. The van der Waals surface area contributed by atoms with Gasteiger partial charge in [-0.2, -0.15) is 0 Å². The average Bonchev–Trinajstić information content (AvgIpc) is 2.46. The predicted octanol–water partition coefficient (Wildman–Crippen LogP) is 0.539. The normalized spacial score (nSPS) is 17.1. The van der Waals surface area contributed by atoms with Crippen LogP contribution in [0.25, 0.3) is 0 Å². The summed E-state index contributed by atoms with van der Waals surface area (Å²) < 4.78 is 24.2. The maximum atomic E-state index is 12.2. The first-order chi connectivity index (χ1) is 10.3. The van der Waals surface area contributed by atoms with Crippen LogP contribution >= 0.6 is 0 Å². The number of benzene rings is 1. The van der Waals surface area contributed by atoms with Crippen LogP contribution in [0, 0.1) is 0 Å². The molecule has 7 nitrogen and oxygen atoms in total. The van der Waals surface area contributed by atoms with Crippen LogP contribution < -0.4 is 5.32 Å². The first kappa shape index (κ1) is 16.4. The molecule has 1 aromatic rings. The highest BCUT2D eigenvalue weighted by molar-refractivity contribution is 7.88. The fourth-order valence-corrected chi connectivity index (χ4v) is 3.34. The van der Waals surface area contributed by atoms with Gasteiger partial charge in [-0.15, -0.1) is 0 Å². The van der Waals surface area contributed by atoms with Gasteiger partial charge in [0.2, 0.25) is 10.0 Å². The fraction of sp³-hybridized carbons (Fsp3) is 0.429. The zero-order valence-corrected chi connectivity index (χ0v) is 13.0. The number of sulfonamides is 1. The van der Waals surface area contributed by atoms with Crippen molar-refractivity contribution < 1.29 is 23.1 Å². The highest BCUT2D eigenvalue weighted by Crippen LogP contribution is 2.15. The van der Waals surface area contributed by atoms with Gasteiger partial charge in [0.05, 0.1) is 17.4 Å². The Hall–Kier alpha value is -1.93. The van der Waals surface area contributed by atoms with Gasteiger partial charge in [0.1, 0.15) is 0 Å². The van der Waals surface area contributed by atoms with Crippen molar-refractivity contribution in [1.29, 1.82) is 0 Å². The van der Waals surface area contributed by atoms with Crippen LogP contribution in [0.15, 0.2) is 24.3 Å². The number of carboxylic acids is 1. The second-order valence-corrected chi connectivity index (χ2v) is 7.24. The Kier molecular flexibility index (Phi) is 4.82. The number of piperidine rings is 1. The zero-order chi connectivity index (χ0) is 16.3.